The summed E-state index contributed by atoms with van der Waals surface area (Å²) in [5, 5.41) is 0. The molecule has 1 heterocycles. The Morgan fingerprint density at radius 1 is 1.07 bits per heavy atom. The predicted octanol–water partition coefficient (Wildman–Crippen LogP) is 3.31. The number of esters is 1. The monoisotopic (exact) mass is 369 g/mol. The molecular weight excluding hydrogens is 349 g/mol. The average Bonchev–Trinajstić information content (AvgIpc) is 3.10. The van der Waals surface area contributed by atoms with Gasteiger partial charge in [-0.3, -0.25) is 14.4 Å². The minimum absolute atomic E-state index is 0.0576. The molecule has 1 amide bonds. The lowest BCUT2D eigenvalue weighted by Gasteiger charge is -2.21. The summed E-state index contributed by atoms with van der Waals surface area (Å²) >= 11 is 0. The number of ether oxygens (including phenoxy) is 1. The van der Waals surface area contributed by atoms with E-state index in [0.717, 1.165) is 17.7 Å². The second kappa shape index (κ2) is 8.12. The molecule has 5 nitrogen and oxygen atoms in total. The first-order chi connectivity index (χ1) is 13.0. The van der Waals surface area contributed by atoms with E-state index < -0.39 is 17.9 Å². The number of rotatable bonds is 6. The van der Waals surface area contributed by atoms with Crippen LogP contribution in [-0.4, -0.2) is 30.3 Å². The van der Waals surface area contributed by atoms with Crippen LogP contribution in [0, 0.1) is 5.82 Å². The highest BCUT2D eigenvalue weighted by Crippen LogP contribution is 2.28. The van der Waals surface area contributed by atoms with Crippen molar-refractivity contribution >= 4 is 23.3 Å². The first-order valence-electron chi connectivity index (χ1n) is 8.83. The van der Waals surface area contributed by atoms with Crippen LogP contribution in [0.3, 0.4) is 0 Å². The third-order valence-electron chi connectivity index (χ3n) is 4.53. The lowest BCUT2D eigenvalue weighted by Crippen LogP contribution is -2.39. The van der Waals surface area contributed by atoms with Gasteiger partial charge < -0.3 is 9.64 Å². The number of para-hydroxylation sites is 1. The topological polar surface area (TPSA) is 63.7 Å². The van der Waals surface area contributed by atoms with E-state index in [2.05, 4.69) is 0 Å². The molecule has 0 aromatic heterocycles. The Kier molecular flexibility index (Phi) is 5.64. The third kappa shape index (κ3) is 4.39. The van der Waals surface area contributed by atoms with E-state index in [4.69, 9.17) is 4.74 Å². The van der Waals surface area contributed by atoms with Crippen LogP contribution in [0.15, 0.2) is 48.5 Å². The maximum absolute atomic E-state index is 12.9. The lowest BCUT2D eigenvalue weighted by molar-refractivity contribution is -0.153. The Balaban J connectivity index is 1.51. The van der Waals surface area contributed by atoms with Crippen LogP contribution in [0.5, 0.6) is 0 Å². The third-order valence-corrected chi connectivity index (χ3v) is 4.53. The predicted molar refractivity (Wildman–Crippen MR) is 98.0 cm³/mol. The van der Waals surface area contributed by atoms with E-state index >= 15 is 0 Å². The molecule has 1 atom stereocenters. The van der Waals surface area contributed by atoms with Crippen LogP contribution >= 0.6 is 0 Å². The quantitative estimate of drug-likeness (QED) is 0.579. The molecular formula is C21H20FNO4. The van der Waals surface area contributed by atoms with Gasteiger partial charge in [-0.1, -0.05) is 18.2 Å². The number of anilines is 1. The van der Waals surface area contributed by atoms with Gasteiger partial charge in [0.25, 0.3) is 5.91 Å². The van der Waals surface area contributed by atoms with E-state index in [9.17, 15) is 18.8 Å². The standard InChI is InChI=1S/C21H20FNO4/c1-14(21(26)23-13-12-15-4-2-3-5-18(15)23)27-20(25)11-10-19(24)16-6-8-17(22)9-7-16/h2-9,14H,10-13H2,1H3. The Morgan fingerprint density at radius 2 is 1.78 bits per heavy atom. The van der Waals surface area contributed by atoms with Crippen molar-refractivity contribution in [3.63, 3.8) is 0 Å². The largest absolute Gasteiger partial charge is 0.453 e. The summed E-state index contributed by atoms with van der Waals surface area (Å²) < 4.78 is 18.1. The molecule has 1 unspecified atom stereocenters. The molecule has 0 radical (unpaired) electrons. The molecule has 6 heteroatoms. The normalized spacial score (nSPS) is 13.8. The smallest absolute Gasteiger partial charge is 0.307 e. The van der Waals surface area contributed by atoms with Gasteiger partial charge in [0, 0.05) is 24.2 Å². The van der Waals surface area contributed by atoms with Crippen molar-refractivity contribution in [3.05, 3.63) is 65.5 Å². The zero-order chi connectivity index (χ0) is 19.4. The Labute approximate surface area is 156 Å². The number of hydrogen-bond acceptors (Lipinski definition) is 4. The first kappa shape index (κ1) is 18.8. The number of Topliss-reactive ketones (excluding diaryl/α,β-unsaturated/α-hetero) is 1. The van der Waals surface area contributed by atoms with Gasteiger partial charge in [-0.05, 0) is 49.2 Å². The van der Waals surface area contributed by atoms with E-state index in [-0.39, 0.29) is 24.5 Å². The Hall–Kier alpha value is -3.02. The number of nitrogens with zero attached hydrogens (tertiary/aromatic N) is 1. The molecule has 1 aliphatic heterocycles. The van der Waals surface area contributed by atoms with Crippen LogP contribution < -0.4 is 4.90 Å². The van der Waals surface area contributed by atoms with Gasteiger partial charge in [0.05, 0.1) is 6.42 Å². The van der Waals surface area contributed by atoms with E-state index in [0.29, 0.717) is 12.1 Å². The fourth-order valence-corrected chi connectivity index (χ4v) is 3.09. The molecule has 27 heavy (non-hydrogen) atoms. The van der Waals surface area contributed by atoms with Crippen molar-refractivity contribution in [3.8, 4) is 0 Å². The zero-order valence-corrected chi connectivity index (χ0v) is 15.0. The molecule has 0 aliphatic carbocycles. The minimum Gasteiger partial charge on any atom is -0.453 e. The number of carbonyl (C=O) groups excluding carboxylic acids is 3. The van der Waals surface area contributed by atoms with Gasteiger partial charge in [0.2, 0.25) is 0 Å². The molecule has 0 spiro atoms. The van der Waals surface area contributed by atoms with Gasteiger partial charge in [-0.2, -0.15) is 0 Å². The molecule has 0 N–H and O–H groups in total. The number of ketones is 1. The Bertz CT molecular complexity index is 863. The SMILES string of the molecule is CC(OC(=O)CCC(=O)c1ccc(F)cc1)C(=O)N1CCc2ccccc21. The van der Waals surface area contributed by atoms with Crippen LogP contribution in [0.1, 0.15) is 35.7 Å². The van der Waals surface area contributed by atoms with E-state index in [1.807, 2.05) is 24.3 Å². The van der Waals surface area contributed by atoms with Crippen molar-refractivity contribution in [1.82, 2.24) is 0 Å². The number of fused-ring (bicyclic) bond motifs is 1. The molecule has 0 saturated carbocycles. The summed E-state index contributed by atoms with van der Waals surface area (Å²) in [5.41, 5.74) is 2.27. The molecule has 0 bridgehead atoms. The summed E-state index contributed by atoms with van der Waals surface area (Å²) in [6.45, 7) is 2.09. The first-order valence-corrected chi connectivity index (χ1v) is 8.83. The molecule has 3 rings (SSSR count). The second-order valence-electron chi connectivity index (χ2n) is 6.43. The van der Waals surface area contributed by atoms with E-state index in [1.54, 1.807) is 4.90 Å². The van der Waals surface area contributed by atoms with Crippen molar-refractivity contribution < 1.29 is 23.5 Å². The van der Waals surface area contributed by atoms with Crippen molar-refractivity contribution in [2.45, 2.75) is 32.3 Å². The maximum atomic E-state index is 12.9. The molecule has 2 aromatic carbocycles. The van der Waals surface area contributed by atoms with Gasteiger partial charge >= 0.3 is 5.97 Å². The van der Waals surface area contributed by atoms with Gasteiger partial charge in [-0.15, -0.1) is 0 Å². The van der Waals surface area contributed by atoms with Crippen LogP contribution in [-0.2, 0) is 20.7 Å². The summed E-state index contributed by atoms with van der Waals surface area (Å²) in [7, 11) is 0. The lowest BCUT2D eigenvalue weighted by atomic mass is 10.1. The van der Waals surface area contributed by atoms with Gasteiger partial charge in [0.15, 0.2) is 11.9 Å². The number of benzene rings is 2. The summed E-state index contributed by atoms with van der Waals surface area (Å²) in [6, 6.07) is 12.8. The maximum Gasteiger partial charge on any atom is 0.307 e. The van der Waals surface area contributed by atoms with Crippen molar-refractivity contribution in [2.75, 3.05) is 11.4 Å². The van der Waals surface area contributed by atoms with Gasteiger partial charge in [0.1, 0.15) is 5.82 Å². The summed E-state index contributed by atoms with van der Waals surface area (Å²) in [5.74, 6) is -1.60. The summed E-state index contributed by atoms with van der Waals surface area (Å²) in [4.78, 5) is 38.2. The van der Waals surface area contributed by atoms with Crippen LogP contribution in [0.25, 0.3) is 0 Å². The molecule has 0 fully saturated rings. The van der Waals surface area contributed by atoms with Crippen molar-refractivity contribution in [2.24, 2.45) is 0 Å². The highest BCUT2D eigenvalue weighted by atomic mass is 19.1. The molecule has 0 saturated heterocycles. The van der Waals surface area contributed by atoms with Crippen molar-refractivity contribution in [1.29, 1.82) is 0 Å². The fourth-order valence-electron chi connectivity index (χ4n) is 3.09. The number of halogens is 1. The number of carbonyl (C=O) groups is 3. The van der Waals surface area contributed by atoms with E-state index in [1.165, 1.54) is 31.2 Å². The highest BCUT2D eigenvalue weighted by molar-refractivity contribution is 6.00. The number of amides is 1. The molecule has 2 aromatic rings. The average molecular weight is 369 g/mol. The number of hydrogen-bond donors (Lipinski definition) is 0. The fraction of sp³-hybridized carbons (Fsp3) is 0.286. The van der Waals surface area contributed by atoms with Crippen LogP contribution in [0.2, 0.25) is 0 Å². The molecule has 140 valence electrons. The highest BCUT2D eigenvalue weighted by Gasteiger charge is 2.29. The minimum atomic E-state index is -0.926. The van der Waals surface area contributed by atoms with Crippen LogP contribution in [0.4, 0.5) is 10.1 Å². The Morgan fingerprint density at radius 3 is 2.52 bits per heavy atom. The second-order valence-corrected chi connectivity index (χ2v) is 6.43. The summed E-state index contributed by atoms with van der Waals surface area (Å²) in [6.07, 6.45) is -0.346. The zero-order valence-electron chi connectivity index (χ0n) is 15.0. The van der Waals surface area contributed by atoms with Gasteiger partial charge in [-0.25, -0.2) is 4.39 Å². The molecule has 1 aliphatic rings.